The number of alkyl halides is 13. The molecule has 0 spiro atoms. The number of nitrogens with zero attached hydrogens (tertiary/aromatic N) is 1. The van der Waals surface area contributed by atoms with E-state index >= 15 is 0 Å². The van der Waals surface area contributed by atoms with Gasteiger partial charge in [0.15, 0.2) is 0 Å². The van der Waals surface area contributed by atoms with Gasteiger partial charge >= 0.3 is 45.2 Å². The van der Waals surface area contributed by atoms with Gasteiger partial charge in [-0.15, -0.1) is 0 Å². The zero-order chi connectivity index (χ0) is 27.9. The molecule has 0 amide bonds. The van der Waals surface area contributed by atoms with Crippen LogP contribution in [0.25, 0.3) is 0 Å². The summed E-state index contributed by atoms with van der Waals surface area (Å²) in [5, 5.41) is -7.41. The largest absolute Gasteiger partial charge is 0.460 e. The molecule has 0 aliphatic heterocycles. The Morgan fingerprint density at radius 3 is 1.46 bits per heavy atom. The second-order valence-electron chi connectivity index (χ2n) is 6.95. The minimum absolute atomic E-state index is 0.225. The van der Waals surface area contributed by atoms with Crippen LogP contribution in [0.15, 0.2) is 24.3 Å². The molecule has 0 N–H and O–H groups in total. The number of benzene rings is 1. The maximum Gasteiger partial charge on any atom is 0.460 e. The van der Waals surface area contributed by atoms with Gasteiger partial charge in [0.2, 0.25) is 0 Å². The minimum atomic E-state index is -8.24. The highest BCUT2D eigenvalue weighted by atomic mass is 32.2. The standard InChI is InChI=1S/C17H16F13NO3S/c1-3-31(4-2)9-10-5-7-11(8-6-10)34-35(32,33)17(29,30)15(24,25)13(20,21)12(18,19)14(22,23)16(26,27)28/h5-8H,3-4,9H2,1-2H3. The van der Waals surface area contributed by atoms with E-state index in [1.807, 2.05) is 0 Å². The molecule has 0 radical (unpaired) electrons. The van der Waals surface area contributed by atoms with Crippen LogP contribution in [0.2, 0.25) is 0 Å². The SMILES string of the molecule is CCN(CC)Cc1ccc(OS(=O)(=O)C(F)(F)C(F)(F)C(F)(F)C(F)(F)C(F)(F)C(F)(F)F)cc1. The highest BCUT2D eigenvalue weighted by molar-refractivity contribution is 7.88. The van der Waals surface area contributed by atoms with E-state index in [4.69, 9.17) is 0 Å². The molecule has 204 valence electrons. The van der Waals surface area contributed by atoms with E-state index in [0.717, 1.165) is 12.1 Å². The Labute approximate surface area is 189 Å². The van der Waals surface area contributed by atoms with E-state index in [1.165, 1.54) is 0 Å². The zero-order valence-corrected chi connectivity index (χ0v) is 18.2. The van der Waals surface area contributed by atoms with Gasteiger partial charge in [-0.05, 0) is 30.8 Å². The van der Waals surface area contributed by atoms with Crippen molar-refractivity contribution in [2.75, 3.05) is 13.1 Å². The second-order valence-corrected chi connectivity index (χ2v) is 8.54. The molecule has 1 aromatic carbocycles. The van der Waals surface area contributed by atoms with Crippen molar-refractivity contribution >= 4 is 10.1 Å². The van der Waals surface area contributed by atoms with Crippen LogP contribution in [-0.2, 0) is 16.7 Å². The number of halogens is 13. The third-order valence-corrected chi connectivity index (χ3v) is 5.94. The maximum absolute atomic E-state index is 13.9. The maximum atomic E-state index is 13.9. The lowest BCUT2D eigenvalue weighted by molar-refractivity contribution is -0.433. The highest BCUT2D eigenvalue weighted by Crippen LogP contribution is 2.61. The Balaban J connectivity index is 3.37. The van der Waals surface area contributed by atoms with Crippen LogP contribution in [0.3, 0.4) is 0 Å². The molecule has 0 heterocycles. The minimum Gasteiger partial charge on any atom is -0.378 e. The first-order chi connectivity index (χ1) is 15.4. The number of hydrogen-bond acceptors (Lipinski definition) is 4. The molecule has 0 saturated heterocycles. The first-order valence-corrected chi connectivity index (χ1v) is 10.6. The van der Waals surface area contributed by atoms with Gasteiger partial charge in [-0.25, -0.2) is 0 Å². The fourth-order valence-electron chi connectivity index (χ4n) is 2.45. The smallest absolute Gasteiger partial charge is 0.378 e. The normalized spacial score (nSPS) is 15.0. The highest BCUT2D eigenvalue weighted by Gasteiger charge is 2.93. The van der Waals surface area contributed by atoms with Crippen LogP contribution in [0.1, 0.15) is 19.4 Å². The van der Waals surface area contributed by atoms with Gasteiger partial charge in [-0.1, -0.05) is 26.0 Å². The van der Waals surface area contributed by atoms with Crippen molar-refractivity contribution < 1.29 is 69.7 Å². The summed E-state index contributed by atoms with van der Waals surface area (Å²) in [7, 11) is -7.37. The molecule has 0 bridgehead atoms. The Bertz CT molecular complexity index is 972. The van der Waals surface area contributed by atoms with Crippen molar-refractivity contribution in [2.45, 2.75) is 55.5 Å². The molecule has 0 atom stereocenters. The van der Waals surface area contributed by atoms with E-state index in [0.29, 0.717) is 30.8 Å². The number of rotatable bonds is 11. The van der Waals surface area contributed by atoms with E-state index < -0.39 is 51.0 Å². The van der Waals surface area contributed by atoms with E-state index in [2.05, 4.69) is 4.18 Å². The summed E-state index contributed by atoms with van der Waals surface area (Å²) >= 11 is 0. The lowest BCUT2D eigenvalue weighted by Gasteiger charge is -2.38. The van der Waals surface area contributed by atoms with E-state index in [-0.39, 0.29) is 6.54 Å². The summed E-state index contributed by atoms with van der Waals surface area (Å²) in [6.45, 7) is 4.83. The first kappa shape index (κ1) is 31.1. The third kappa shape index (κ3) is 5.13. The summed E-state index contributed by atoms with van der Waals surface area (Å²) in [4.78, 5) is 1.81. The topological polar surface area (TPSA) is 46.6 Å². The molecular formula is C17H16F13NO3S. The van der Waals surface area contributed by atoms with Crippen LogP contribution in [0.5, 0.6) is 5.75 Å². The van der Waals surface area contributed by atoms with Crippen molar-refractivity contribution in [1.82, 2.24) is 4.90 Å². The van der Waals surface area contributed by atoms with Crippen molar-refractivity contribution in [1.29, 1.82) is 0 Å². The molecule has 0 aromatic heterocycles. The summed E-state index contributed by atoms with van der Waals surface area (Å²) in [6, 6.07) is 3.25. The van der Waals surface area contributed by atoms with Gasteiger partial charge in [0.05, 0.1) is 0 Å². The van der Waals surface area contributed by atoms with Crippen LogP contribution in [0.4, 0.5) is 57.1 Å². The molecule has 35 heavy (non-hydrogen) atoms. The summed E-state index contributed by atoms with van der Waals surface area (Å²) in [5.41, 5.74) is 0.399. The monoisotopic (exact) mass is 561 g/mol. The second kappa shape index (κ2) is 9.48. The van der Waals surface area contributed by atoms with Gasteiger partial charge in [0.25, 0.3) is 0 Å². The molecule has 0 fully saturated rings. The van der Waals surface area contributed by atoms with Crippen LogP contribution >= 0.6 is 0 Å². The van der Waals surface area contributed by atoms with Crippen molar-refractivity contribution in [3.05, 3.63) is 29.8 Å². The van der Waals surface area contributed by atoms with Crippen LogP contribution in [-0.4, -0.2) is 61.5 Å². The molecule has 0 aliphatic carbocycles. The molecule has 0 saturated carbocycles. The number of hydrogen-bond donors (Lipinski definition) is 0. The summed E-state index contributed by atoms with van der Waals surface area (Å²) in [6.07, 6.45) is -7.60. The van der Waals surface area contributed by atoms with E-state index in [1.54, 1.807) is 18.7 Å². The van der Waals surface area contributed by atoms with Crippen molar-refractivity contribution in [2.24, 2.45) is 0 Å². The zero-order valence-electron chi connectivity index (χ0n) is 17.4. The Morgan fingerprint density at radius 2 is 1.09 bits per heavy atom. The Morgan fingerprint density at radius 1 is 0.686 bits per heavy atom. The van der Waals surface area contributed by atoms with Gasteiger partial charge in [-0.3, -0.25) is 4.90 Å². The molecule has 4 nitrogen and oxygen atoms in total. The van der Waals surface area contributed by atoms with Gasteiger partial charge in [0, 0.05) is 6.54 Å². The average Bonchev–Trinajstić information content (AvgIpc) is 2.71. The molecule has 0 aliphatic rings. The van der Waals surface area contributed by atoms with E-state index in [9.17, 15) is 65.5 Å². The third-order valence-electron chi connectivity index (χ3n) is 4.65. The lowest BCUT2D eigenvalue weighted by atomic mass is 9.98. The molecule has 1 rings (SSSR count). The summed E-state index contributed by atoms with van der Waals surface area (Å²) in [5.74, 6) is -33.6. The predicted molar refractivity (Wildman–Crippen MR) is 93.4 cm³/mol. The summed E-state index contributed by atoms with van der Waals surface area (Å²) < 4.78 is 197. The van der Waals surface area contributed by atoms with Crippen LogP contribution < -0.4 is 4.18 Å². The van der Waals surface area contributed by atoms with Crippen molar-refractivity contribution in [3.63, 3.8) is 0 Å². The average molecular weight is 561 g/mol. The van der Waals surface area contributed by atoms with Gasteiger partial charge in [-0.2, -0.15) is 65.5 Å². The molecular weight excluding hydrogens is 545 g/mol. The Kier molecular flexibility index (Phi) is 8.41. The molecule has 0 unspecified atom stereocenters. The Hall–Kier alpha value is -1.98. The van der Waals surface area contributed by atoms with Crippen molar-refractivity contribution in [3.8, 4) is 5.75 Å². The van der Waals surface area contributed by atoms with Crippen LogP contribution in [0, 0.1) is 0 Å². The first-order valence-electron chi connectivity index (χ1n) is 9.15. The fourth-order valence-corrected chi connectivity index (χ4v) is 3.36. The molecule has 18 heteroatoms. The fraction of sp³-hybridized carbons (Fsp3) is 0.647. The quantitative estimate of drug-likeness (QED) is 0.248. The predicted octanol–water partition coefficient (Wildman–Crippen LogP) is 5.93. The van der Waals surface area contributed by atoms with Gasteiger partial charge in [0.1, 0.15) is 5.75 Å². The lowest BCUT2D eigenvalue weighted by Crippen LogP contribution is -2.71. The van der Waals surface area contributed by atoms with Gasteiger partial charge < -0.3 is 4.18 Å². The molecule has 1 aromatic rings.